The Morgan fingerprint density at radius 1 is 0.964 bits per heavy atom. The van der Waals surface area contributed by atoms with Crippen LogP contribution >= 0.6 is 0 Å². The molecule has 0 atom stereocenters. The SMILES string of the molecule is COc1ccc2c(c1)C(c1ccc(N(C)C)cc1)=NNC(c1cccnc1)=N2. The molecule has 1 aromatic heterocycles. The molecule has 0 saturated heterocycles. The molecule has 1 aliphatic heterocycles. The van der Waals surface area contributed by atoms with Crippen LogP contribution in [0.5, 0.6) is 5.75 Å². The van der Waals surface area contributed by atoms with E-state index in [4.69, 9.17) is 9.73 Å². The Bertz CT molecular complexity index is 1040. The zero-order chi connectivity index (χ0) is 19.5. The molecule has 28 heavy (non-hydrogen) atoms. The van der Waals surface area contributed by atoms with Crippen LogP contribution in [0.15, 0.2) is 77.1 Å². The quantitative estimate of drug-likeness (QED) is 0.761. The van der Waals surface area contributed by atoms with Crippen LogP contribution in [0.2, 0.25) is 0 Å². The number of methoxy groups -OCH3 is 1. The first-order valence-corrected chi connectivity index (χ1v) is 8.94. The van der Waals surface area contributed by atoms with Gasteiger partial charge in [0.15, 0.2) is 5.84 Å². The summed E-state index contributed by atoms with van der Waals surface area (Å²) in [5.74, 6) is 1.41. The lowest BCUT2D eigenvalue weighted by molar-refractivity contribution is 0.415. The van der Waals surface area contributed by atoms with Crippen molar-refractivity contribution in [1.82, 2.24) is 10.4 Å². The van der Waals surface area contributed by atoms with Crippen LogP contribution in [-0.4, -0.2) is 37.7 Å². The number of aliphatic imine (C=N–C) groups is 1. The van der Waals surface area contributed by atoms with Gasteiger partial charge in [-0.1, -0.05) is 12.1 Å². The summed E-state index contributed by atoms with van der Waals surface area (Å²) in [6.45, 7) is 0. The summed E-state index contributed by atoms with van der Waals surface area (Å²) >= 11 is 0. The molecule has 6 nitrogen and oxygen atoms in total. The highest BCUT2D eigenvalue weighted by atomic mass is 16.5. The average molecular weight is 371 g/mol. The summed E-state index contributed by atoms with van der Waals surface area (Å²) in [5.41, 5.74) is 8.64. The number of rotatable bonds is 4. The molecule has 1 N–H and O–H groups in total. The second-order valence-electron chi connectivity index (χ2n) is 6.60. The van der Waals surface area contributed by atoms with E-state index in [9.17, 15) is 0 Å². The maximum Gasteiger partial charge on any atom is 0.155 e. The van der Waals surface area contributed by atoms with E-state index >= 15 is 0 Å². The Morgan fingerprint density at radius 2 is 1.79 bits per heavy atom. The fraction of sp³-hybridized carbons (Fsp3) is 0.136. The molecule has 0 unspecified atom stereocenters. The number of anilines is 1. The summed E-state index contributed by atoms with van der Waals surface area (Å²) < 4.78 is 5.43. The number of hydrazone groups is 1. The second-order valence-corrected chi connectivity index (χ2v) is 6.60. The first kappa shape index (κ1) is 17.7. The molecule has 3 aromatic rings. The first-order chi connectivity index (χ1) is 13.7. The maximum absolute atomic E-state index is 5.43. The molecule has 0 spiro atoms. The number of benzene rings is 2. The Labute approximate surface area is 164 Å². The van der Waals surface area contributed by atoms with Crippen LogP contribution in [0, 0.1) is 0 Å². The average Bonchev–Trinajstić information content (AvgIpc) is 2.93. The molecule has 0 radical (unpaired) electrons. The minimum absolute atomic E-state index is 0.652. The fourth-order valence-corrected chi connectivity index (χ4v) is 3.01. The van der Waals surface area contributed by atoms with E-state index in [0.29, 0.717) is 5.84 Å². The van der Waals surface area contributed by atoms with Crippen LogP contribution in [0.1, 0.15) is 16.7 Å². The predicted molar refractivity (Wildman–Crippen MR) is 113 cm³/mol. The Morgan fingerprint density at radius 3 is 2.46 bits per heavy atom. The number of nitrogens with zero attached hydrogens (tertiary/aromatic N) is 4. The van der Waals surface area contributed by atoms with Crippen LogP contribution in [-0.2, 0) is 0 Å². The lowest BCUT2D eigenvalue weighted by Crippen LogP contribution is -2.19. The maximum atomic E-state index is 5.43. The van der Waals surface area contributed by atoms with Crippen molar-refractivity contribution in [2.24, 2.45) is 10.1 Å². The lowest BCUT2D eigenvalue weighted by atomic mass is 10.00. The van der Waals surface area contributed by atoms with Gasteiger partial charge in [0.05, 0.1) is 12.8 Å². The lowest BCUT2D eigenvalue weighted by Gasteiger charge is -2.14. The molecule has 140 valence electrons. The van der Waals surface area contributed by atoms with Gasteiger partial charge in [-0.15, -0.1) is 0 Å². The van der Waals surface area contributed by atoms with Crippen molar-refractivity contribution in [3.05, 3.63) is 83.7 Å². The molecule has 2 heterocycles. The van der Waals surface area contributed by atoms with Crippen LogP contribution in [0.25, 0.3) is 0 Å². The standard InChI is InChI=1S/C22H21N5O/c1-27(2)17-8-6-15(7-9-17)21-19-13-18(28-3)10-11-20(19)24-22(26-25-21)16-5-4-12-23-14-16/h4-14H,1-3H3,(H,24,26). The van der Waals surface area contributed by atoms with E-state index in [2.05, 4.69) is 44.7 Å². The van der Waals surface area contributed by atoms with Gasteiger partial charge in [-0.3, -0.25) is 10.4 Å². The molecule has 0 aliphatic carbocycles. The Kier molecular flexibility index (Phi) is 4.76. The first-order valence-electron chi connectivity index (χ1n) is 8.94. The molecular weight excluding hydrogens is 350 g/mol. The van der Waals surface area contributed by atoms with Gasteiger partial charge in [0.1, 0.15) is 11.5 Å². The highest BCUT2D eigenvalue weighted by molar-refractivity contribution is 6.18. The summed E-state index contributed by atoms with van der Waals surface area (Å²) in [6, 6.07) is 17.9. The molecule has 0 bridgehead atoms. The second kappa shape index (κ2) is 7.52. The van der Waals surface area contributed by atoms with Crippen molar-refractivity contribution in [2.45, 2.75) is 0 Å². The Hall–Kier alpha value is -3.67. The summed E-state index contributed by atoms with van der Waals surface area (Å²) in [6.07, 6.45) is 3.50. The van der Waals surface area contributed by atoms with E-state index in [1.165, 1.54) is 0 Å². The van der Waals surface area contributed by atoms with Crippen LogP contribution in [0.4, 0.5) is 11.4 Å². The third-order valence-corrected chi connectivity index (χ3v) is 4.56. The molecule has 0 amide bonds. The largest absolute Gasteiger partial charge is 0.497 e. The molecule has 6 heteroatoms. The normalized spacial score (nSPS) is 12.8. The highest BCUT2D eigenvalue weighted by Crippen LogP contribution is 2.30. The number of aromatic nitrogens is 1. The van der Waals surface area contributed by atoms with Crippen molar-refractivity contribution in [2.75, 3.05) is 26.1 Å². The molecule has 2 aromatic carbocycles. The van der Waals surface area contributed by atoms with E-state index in [-0.39, 0.29) is 0 Å². The van der Waals surface area contributed by atoms with E-state index in [0.717, 1.165) is 39.5 Å². The van der Waals surface area contributed by atoms with Crippen molar-refractivity contribution < 1.29 is 4.74 Å². The number of fused-ring (bicyclic) bond motifs is 1. The van der Waals surface area contributed by atoms with Gasteiger partial charge in [0.2, 0.25) is 0 Å². The smallest absolute Gasteiger partial charge is 0.155 e. The van der Waals surface area contributed by atoms with Crippen molar-refractivity contribution in [1.29, 1.82) is 0 Å². The summed E-state index contributed by atoms with van der Waals surface area (Å²) in [4.78, 5) is 11.0. The topological polar surface area (TPSA) is 62.1 Å². The summed E-state index contributed by atoms with van der Waals surface area (Å²) in [5, 5.41) is 4.68. The number of hydrogen-bond donors (Lipinski definition) is 1. The predicted octanol–water partition coefficient (Wildman–Crippen LogP) is 3.59. The summed E-state index contributed by atoms with van der Waals surface area (Å²) in [7, 11) is 5.70. The number of amidine groups is 1. The molecule has 1 aliphatic rings. The molecule has 0 fully saturated rings. The zero-order valence-electron chi connectivity index (χ0n) is 16.0. The van der Waals surface area contributed by atoms with Gasteiger partial charge < -0.3 is 9.64 Å². The van der Waals surface area contributed by atoms with Crippen molar-refractivity contribution in [3.8, 4) is 5.75 Å². The third-order valence-electron chi connectivity index (χ3n) is 4.56. The van der Waals surface area contributed by atoms with Gasteiger partial charge in [0.25, 0.3) is 0 Å². The highest BCUT2D eigenvalue weighted by Gasteiger charge is 2.18. The van der Waals surface area contributed by atoms with Gasteiger partial charge in [-0.25, -0.2) is 4.99 Å². The van der Waals surface area contributed by atoms with Gasteiger partial charge in [0, 0.05) is 48.9 Å². The van der Waals surface area contributed by atoms with Crippen molar-refractivity contribution >= 4 is 22.9 Å². The minimum Gasteiger partial charge on any atom is -0.497 e. The molecule has 0 saturated carbocycles. The van der Waals surface area contributed by atoms with E-state index < -0.39 is 0 Å². The van der Waals surface area contributed by atoms with E-state index in [1.807, 2.05) is 44.4 Å². The Balaban J connectivity index is 1.83. The third kappa shape index (κ3) is 3.44. The number of ether oxygens (including phenoxy) is 1. The van der Waals surface area contributed by atoms with Gasteiger partial charge >= 0.3 is 0 Å². The zero-order valence-corrected chi connectivity index (χ0v) is 16.0. The molecule has 4 rings (SSSR count). The molecular formula is C22H21N5O. The van der Waals surface area contributed by atoms with Crippen molar-refractivity contribution in [3.63, 3.8) is 0 Å². The monoisotopic (exact) mass is 371 g/mol. The number of hydrogen-bond acceptors (Lipinski definition) is 6. The van der Waals surface area contributed by atoms with Crippen LogP contribution in [0.3, 0.4) is 0 Å². The van der Waals surface area contributed by atoms with E-state index in [1.54, 1.807) is 19.5 Å². The van der Waals surface area contributed by atoms with Gasteiger partial charge in [-0.2, -0.15) is 5.10 Å². The van der Waals surface area contributed by atoms with Crippen LogP contribution < -0.4 is 15.1 Å². The van der Waals surface area contributed by atoms with Gasteiger partial charge in [-0.05, 0) is 42.5 Å². The number of pyridine rings is 1. The minimum atomic E-state index is 0.652. The number of nitrogens with one attached hydrogen (secondary N) is 1. The fourth-order valence-electron chi connectivity index (χ4n) is 3.01.